The molecule has 25 heteroatoms. The summed E-state index contributed by atoms with van der Waals surface area (Å²) in [5.41, 5.74) is 7.32. The van der Waals surface area contributed by atoms with E-state index in [1.54, 1.807) is 20.8 Å². The summed E-state index contributed by atoms with van der Waals surface area (Å²) >= 11 is 0. The first kappa shape index (κ1) is 191. The van der Waals surface area contributed by atoms with Gasteiger partial charge in [-0.25, -0.2) is 0 Å². The summed E-state index contributed by atoms with van der Waals surface area (Å²) in [4.78, 5) is 101. The Labute approximate surface area is 557 Å². The lowest BCUT2D eigenvalue weighted by Gasteiger charge is -2.24. The molecule has 1 fully saturated rings. The number of benzene rings is 2. The van der Waals surface area contributed by atoms with Gasteiger partial charge in [-0.1, -0.05) is 224 Å². The van der Waals surface area contributed by atoms with Crippen molar-refractivity contribution in [1.82, 2.24) is 66.4 Å². The van der Waals surface area contributed by atoms with Crippen molar-refractivity contribution in [3.05, 3.63) is 71.8 Å². The van der Waals surface area contributed by atoms with Crippen molar-refractivity contribution >= 4 is 80.6 Å². The molecule has 0 aliphatic carbocycles. The van der Waals surface area contributed by atoms with E-state index in [0.717, 1.165) is 55.5 Å². The van der Waals surface area contributed by atoms with E-state index in [4.69, 9.17) is 57.8 Å². The first-order valence-corrected chi connectivity index (χ1v) is 27.0. The van der Waals surface area contributed by atoms with Gasteiger partial charge in [0, 0.05) is 26.1 Å². The molecule has 0 atom stereocenters. The van der Waals surface area contributed by atoms with Crippen LogP contribution in [0.2, 0.25) is 0 Å². The van der Waals surface area contributed by atoms with Gasteiger partial charge in [-0.05, 0) is 93.7 Å². The minimum Gasteiger partial charge on any atom is -0.394 e. The number of hydrogen-bond acceptors (Lipinski definition) is 24. The minimum atomic E-state index is -0.167. The molecule has 0 spiro atoms. The summed E-state index contributed by atoms with van der Waals surface area (Å²) in [6.07, 6.45) is 12.3. The molecule has 562 valence electrons. The Morgan fingerprint density at radius 3 is 0.544 bits per heavy atom. The zero-order chi connectivity index (χ0) is 69.3. The average Bonchev–Trinajstić information content (AvgIpc) is 3.54. The molecule has 1 heterocycles. The molecule has 25 nitrogen and oxygen atoms in total. The number of nitrogens with two attached hydrogens (primary N) is 1. The number of rotatable bonds is 7. The van der Waals surface area contributed by atoms with E-state index >= 15 is 0 Å². The standard InChI is InChI=1S/2C8H10.C7H13NO.5C5H12.C3H8O.C2H6.CH5N.11CH2O.10H3N/c2*1-2-8-6-4-3-5-7-8;1-7(9)8-5-3-2-4-6-8;5*1-4-5(2)3;1-3(2)4;13*1-2;;;;;;;;;;/h2*3-7H,2H2,1H3;2-6H2,1H3;5*5H,4H2,1-3H3;3-4H,1-2H3;1-2H3;2H2,1H3;11*1H2;10*1H3. The Bertz CT molecular complexity index is 1020. The number of carbonyl (C=O) groups excluding carboxylic acids is 12. The highest BCUT2D eigenvalue weighted by Gasteiger charge is 2.11. The van der Waals surface area contributed by atoms with Crippen LogP contribution < -0.4 is 67.2 Å². The van der Waals surface area contributed by atoms with E-state index in [1.807, 2.05) is 106 Å². The first-order chi connectivity index (χ1) is 38.3. The maximum Gasteiger partial charge on any atom is 0.219 e. The van der Waals surface area contributed by atoms with Gasteiger partial charge in [0.15, 0.2) is 0 Å². The second-order valence-electron chi connectivity index (χ2n) is 16.3. The number of aliphatic hydroxyl groups excluding tert-OH is 1. The maximum absolute atomic E-state index is 10.7. The van der Waals surface area contributed by atoms with Crippen LogP contribution in [0.25, 0.3) is 0 Å². The topological polar surface area (TPSA) is 604 Å². The van der Waals surface area contributed by atoms with Gasteiger partial charge in [-0.2, -0.15) is 0 Å². The number of likely N-dealkylation sites (tertiary alicyclic amines) is 1. The molecule has 0 saturated carbocycles. The van der Waals surface area contributed by atoms with Crippen LogP contribution in [0.1, 0.15) is 215 Å². The molecule has 1 saturated heterocycles. The fourth-order valence-electron chi connectivity index (χ4n) is 2.64. The van der Waals surface area contributed by atoms with E-state index < -0.39 is 0 Å². The highest BCUT2D eigenvalue weighted by molar-refractivity contribution is 5.73. The molecule has 0 unspecified atom stereocenters. The van der Waals surface area contributed by atoms with E-state index in [-0.39, 0.29) is 73.5 Å². The minimum absolute atomic E-state index is 0. The van der Waals surface area contributed by atoms with Crippen molar-refractivity contribution in [2.45, 2.75) is 223 Å². The molecule has 33 N–H and O–H groups in total. The summed E-state index contributed by atoms with van der Waals surface area (Å²) < 4.78 is 0. The highest BCUT2D eigenvalue weighted by atomic mass is 16.3. The zero-order valence-electron chi connectivity index (χ0n) is 63.4. The van der Waals surface area contributed by atoms with E-state index in [2.05, 4.69) is 172 Å². The fraction of sp³-hybridized carbons (Fsp3) is 0.631. The smallest absolute Gasteiger partial charge is 0.219 e. The number of aliphatic hydroxyl groups is 1. The largest absolute Gasteiger partial charge is 0.394 e. The number of carbonyl (C=O) groups is 12. The predicted octanol–water partition coefficient (Wildman–Crippen LogP) is 16.4. The molecule has 2 aromatic rings. The Morgan fingerprint density at radius 2 is 0.478 bits per heavy atom. The molecule has 1 aliphatic rings. The number of nitrogens with zero attached hydrogens (tertiary/aromatic N) is 1. The third-order valence-corrected chi connectivity index (χ3v) is 8.39. The lowest BCUT2D eigenvalue weighted by atomic mass is 10.1. The first-order valence-electron chi connectivity index (χ1n) is 27.0. The van der Waals surface area contributed by atoms with Gasteiger partial charge in [0.25, 0.3) is 0 Å². The zero-order valence-corrected chi connectivity index (χ0v) is 63.4. The lowest BCUT2D eigenvalue weighted by Crippen LogP contribution is -2.33. The van der Waals surface area contributed by atoms with Gasteiger partial charge >= 0.3 is 0 Å². The number of amides is 1. The molecular weight excluding hydrogens is 1160 g/mol. The predicted molar refractivity (Wildman–Crippen MR) is 401 cm³/mol. The van der Waals surface area contributed by atoms with E-state index in [0.29, 0.717) is 0 Å². The SMILES string of the molecule is C=O.C=O.C=O.C=O.C=O.C=O.C=O.C=O.C=O.C=O.C=O.CC.CC(=O)N1CCCCC1.CC(C)O.CCC(C)C.CCC(C)C.CCC(C)C.CCC(C)C.CCC(C)C.CCc1ccccc1.CCc1ccccc1.CN.N.N.N.N.N.N.N.N.N.N. The average molecular weight is 1320 g/mol. The second-order valence-corrected chi connectivity index (χ2v) is 16.3. The van der Waals surface area contributed by atoms with Gasteiger partial charge in [0.1, 0.15) is 74.7 Å². The van der Waals surface area contributed by atoms with Crippen molar-refractivity contribution in [3.8, 4) is 0 Å². The fourth-order valence-corrected chi connectivity index (χ4v) is 2.64. The third kappa shape index (κ3) is 417. The number of piperidine rings is 1. The lowest BCUT2D eigenvalue weighted by molar-refractivity contribution is -0.129. The van der Waals surface area contributed by atoms with Gasteiger partial charge in [-0.3, -0.25) is 4.79 Å². The normalized spacial score (nSPS) is 7.30. The Morgan fingerprint density at radius 1 is 0.356 bits per heavy atom. The van der Waals surface area contributed by atoms with Crippen LogP contribution in [0.15, 0.2) is 60.7 Å². The summed E-state index contributed by atoms with van der Waals surface area (Å²) in [6.45, 7) is 70.6. The molecule has 0 bridgehead atoms. The summed E-state index contributed by atoms with van der Waals surface area (Å²) in [6, 6.07) is 20.9. The Balaban J connectivity index is -0.0000000164. The Kier molecular flexibility index (Phi) is 561. The monoisotopic (exact) mass is 1320 g/mol. The summed E-state index contributed by atoms with van der Waals surface area (Å²) in [7, 11) is 1.50. The van der Waals surface area contributed by atoms with Crippen molar-refractivity contribution in [3.63, 3.8) is 0 Å². The van der Waals surface area contributed by atoms with Crippen LogP contribution in [0.3, 0.4) is 0 Å². The summed E-state index contributed by atoms with van der Waals surface area (Å²) in [5.74, 6) is 4.65. The van der Waals surface area contributed by atoms with Crippen LogP contribution in [-0.2, 0) is 70.4 Å². The van der Waals surface area contributed by atoms with E-state index in [1.165, 1.54) is 69.5 Å². The van der Waals surface area contributed by atoms with E-state index in [9.17, 15) is 4.79 Å². The van der Waals surface area contributed by atoms with Gasteiger partial charge < -0.3 is 130 Å². The molecule has 2 aromatic carbocycles. The molecule has 0 radical (unpaired) electrons. The van der Waals surface area contributed by atoms with Gasteiger partial charge in [0.05, 0.1) is 0 Å². The number of aryl methyl sites for hydroxylation is 2. The van der Waals surface area contributed by atoms with Crippen LogP contribution in [0, 0.1) is 29.6 Å². The molecular formula is C65H164N12O13. The molecule has 3 rings (SSSR count). The third-order valence-electron chi connectivity index (χ3n) is 8.39. The van der Waals surface area contributed by atoms with Crippen LogP contribution >= 0.6 is 0 Å². The van der Waals surface area contributed by atoms with Crippen LogP contribution in [-0.4, -0.2) is 117 Å². The van der Waals surface area contributed by atoms with Crippen molar-refractivity contribution in [1.29, 1.82) is 0 Å². The van der Waals surface area contributed by atoms with Gasteiger partial charge in [0.2, 0.25) is 5.91 Å². The highest BCUT2D eigenvalue weighted by Crippen LogP contribution is 2.07. The molecule has 1 amide bonds. The second kappa shape index (κ2) is 264. The molecule has 1 aliphatic heterocycles. The van der Waals surface area contributed by atoms with Crippen molar-refractivity contribution < 1.29 is 62.6 Å². The quantitative estimate of drug-likeness (QED) is 0.122. The van der Waals surface area contributed by atoms with Crippen LogP contribution in [0.4, 0.5) is 0 Å². The van der Waals surface area contributed by atoms with Crippen molar-refractivity contribution in [2.75, 3.05) is 20.1 Å². The molecule has 0 aromatic heterocycles. The van der Waals surface area contributed by atoms with Crippen LogP contribution in [0.5, 0.6) is 0 Å². The summed E-state index contributed by atoms with van der Waals surface area (Å²) in [5, 5.41) is 8.06. The Hall–Kier alpha value is -6.20. The maximum atomic E-state index is 10.7. The number of hydrogen-bond donors (Lipinski definition) is 12. The van der Waals surface area contributed by atoms with Gasteiger partial charge in [-0.15, -0.1) is 0 Å². The van der Waals surface area contributed by atoms with Crippen molar-refractivity contribution in [2.24, 2.45) is 35.3 Å². The molecule has 90 heavy (non-hydrogen) atoms.